The van der Waals surface area contributed by atoms with Crippen LogP contribution >= 0.6 is 0 Å². The second-order valence-corrected chi connectivity index (χ2v) is 0. The first-order chi connectivity index (χ1) is 3.00. The molecule has 0 heteroatoms. The first kappa shape index (κ1) is 64.0. The van der Waals surface area contributed by atoms with Gasteiger partial charge in [0.1, 0.15) is 0 Å². The fourth-order valence-corrected chi connectivity index (χ4v) is 0. The van der Waals surface area contributed by atoms with Gasteiger partial charge in [-0.3, -0.25) is 0 Å². The van der Waals surface area contributed by atoms with E-state index in [1.807, 2.05) is 41.5 Å². The summed E-state index contributed by atoms with van der Waals surface area (Å²) in [7, 11) is 0. The van der Waals surface area contributed by atoms with Gasteiger partial charge in [-0.25, -0.2) is 0 Å². The molecule has 0 N–H and O–H groups in total. The van der Waals surface area contributed by atoms with Crippen molar-refractivity contribution in [3.05, 3.63) is 0 Å². The molecule has 0 atom stereocenters. The van der Waals surface area contributed by atoms with E-state index in [4.69, 9.17) is 0 Å². The van der Waals surface area contributed by atoms with Gasteiger partial charge in [0.15, 0.2) is 0 Å². The van der Waals surface area contributed by atoms with Crippen LogP contribution in [0, 0.1) is 0 Å². The van der Waals surface area contributed by atoms with Crippen LogP contribution < -0.4 is 0 Å². The maximum atomic E-state index is 2.00. The van der Waals surface area contributed by atoms with Gasteiger partial charge < -0.3 is 0 Å². The molecule has 9 heavy (non-hydrogen) atoms. The van der Waals surface area contributed by atoms with Crippen molar-refractivity contribution < 1.29 is 0 Å². The van der Waals surface area contributed by atoms with Crippen LogP contribution in [0.2, 0.25) is 0 Å². The Hall–Kier alpha value is 0. The van der Waals surface area contributed by atoms with Crippen LogP contribution in [0.4, 0.5) is 0 Å². The summed E-state index contributed by atoms with van der Waals surface area (Å²) in [6, 6.07) is 0. The van der Waals surface area contributed by atoms with Crippen molar-refractivity contribution in [1.29, 1.82) is 0 Å². The van der Waals surface area contributed by atoms with Crippen molar-refractivity contribution in [1.82, 2.24) is 0 Å². The van der Waals surface area contributed by atoms with E-state index < -0.39 is 0 Å². The quantitative estimate of drug-likeness (QED) is 0.442. The predicted octanol–water partition coefficient (Wildman–Crippen LogP) is 4.99. The van der Waals surface area contributed by atoms with Crippen LogP contribution in [0.5, 0.6) is 0 Å². The minimum atomic E-state index is 0. The Balaban J connectivity index is -0.00000000321. The highest BCUT2D eigenvalue weighted by molar-refractivity contribution is 3.51. The lowest BCUT2D eigenvalue weighted by Gasteiger charge is -1.07. The summed E-state index contributed by atoms with van der Waals surface area (Å²) in [5.74, 6) is 0. The van der Waals surface area contributed by atoms with E-state index in [9.17, 15) is 0 Å². The Labute approximate surface area is 64.7 Å². The Morgan fingerprint density at radius 3 is 0.333 bits per heavy atom. The van der Waals surface area contributed by atoms with E-state index in [1.54, 1.807) is 0 Å². The van der Waals surface area contributed by atoms with Gasteiger partial charge in [-0.05, 0) is 0 Å². The zero-order chi connectivity index (χ0) is 6.00. The molecule has 0 nitrogen and oxygen atoms in total. The average Bonchev–Trinajstić information content (AvgIpc) is 1.81. The summed E-state index contributed by atoms with van der Waals surface area (Å²) in [4.78, 5) is 0. The van der Waals surface area contributed by atoms with E-state index in [-0.39, 0.29) is 22.3 Å². The van der Waals surface area contributed by atoms with Gasteiger partial charge in [0.05, 0.1) is 0 Å². The maximum Gasteiger partial charge on any atom is -0.0683 e. The highest BCUT2D eigenvalue weighted by atomic mass is 13.0. The Morgan fingerprint density at radius 2 is 0.333 bits per heavy atom. The van der Waals surface area contributed by atoms with Crippen LogP contribution in [0.1, 0.15) is 63.8 Å². The number of hydrogen-bond donors (Lipinski definition) is 0. The topological polar surface area (TPSA) is 0 Å². The zero-order valence-corrected chi connectivity index (χ0v) is 6.00. The molecule has 0 radical (unpaired) electrons. The second-order valence-electron chi connectivity index (χ2n) is 0. The molecule has 0 aliphatic heterocycles. The van der Waals surface area contributed by atoms with Gasteiger partial charge in [0, 0.05) is 0 Å². The van der Waals surface area contributed by atoms with E-state index >= 15 is 0 Å². The highest BCUT2D eigenvalue weighted by Gasteiger charge is 0.936. The molecule has 0 saturated carbocycles. The van der Waals surface area contributed by atoms with Crippen molar-refractivity contribution in [3.8, 4) is 0 Å². The van der Waals surface area contributed by atoms with Crippen molar-refractivity contribution in [2.24, 2.45) is 0 Å². The zero-order valence-electron chi connectivity index (χ0n) is 6.00. The largest absolute Gasteiger partial charge is 0.0776 e. The van der Waals surface area contributed by atoms with Crippen LogP contribution in [-0.4, -0.2) is 0 Å². The normalized spacial score (nSPS) is 2.00. The fraction of sp³-hybridized carbons (Fsp3) is 1.00. The van der Waals surface area contributed by atoms with Gasteiger partial charge in [-0.15, -0.1) is 0 Å². The van der Waals surface area contributed by atoms with Gasteiger partial charge in [-0.1, -0.05) is 63.8 Å². The Bertz CT molecular complexity index is 0. The molecule has 0 aromatic carbocycles. The predicted molar refractivity (Wildman–Crippen MR) is 54.2 cm³/mol. The third-order valence-electron chi connectivity index (χ3n) is 0. The first-order valence-electron chi connectivity index (χ1n) is 3.00. The molecule has 0 rings (SSSR count). The molecular formula is C9H30. The lowest BCUT2D eigenvalue weighted by molar-refractivity contribution is 1.50. The smallest absolute Gasteiger partial charge is 0.0683 e. The molecule has 0 aromatic rings. The number of hydrogen-bond acceptors (Lipinski definition) is 0. The third-order valence-corrected chi connectivity index (χ3v) is 0. The summed E-state index contributed by atoms with van der Waals surface area (Å²) in [5, 5.41) is 0. The minimum absolute atomic E-state index is 0. The van der Waals surface area contributed by atoms with Gasteiger partial charge in [-0.2, -0.15) is 0 Å². The molecule has 66 valence electrons. The van der Waals surface area contributed by atoms with Gasteiger partial charge in [0.2, 0.25) is 0 Å². The summed E-state index contributed by atoms with van der Waals surface area (Å²) in [5.41, 5.74) is 0. The van der Waals surface area contributed by atoms with E-state index in [1.165, 1.54) is 0 Å². The number of rotatable bonds is 0. The lowest BCUT2D eigenvalue weighted by Crippen LogP contribution is -0.856. The standard InChI is InChI=1S/3C2H6.3CH4/c3*1-2;;;/h3*1-2H3;3*1H4. The first-order valence-corrected chi connectivity index (χ1v) is 3.00. The maximum absolute atomic E-state index is 2.00. The van der Waals surface area contributed by atoms with Crippen LogP contribution in [0.25, 0.3) is 0 Å². The Kier molecular flexibility index (Phi) is 0. The molecule has 0 saturated heterocycles. The van der Waals surface area contributed by atoms with Crippen molar-refractivity contribution in [2.75, 3.05) is 0 Å². The summed E-state index contributed by atoms with van der Waals surface area (Å²) >= 11 is 0. The van der Waals surface area contributed by atoms with Crippen molar-refractivity contribution in [2.45, 2.75) is 63.8 Å². The molecule has 0 aromatic heterocycles. The van der Waals surface area contributed by atoms with Crippen LogP contribution in [0.15, 0.2) is 0 Å². The molecule has 0 unspecified atom stereocenters. The van der Waals surface area contributed by atoms with Gasteiger partial charge >= 0.3 is 0 Å². The molecule has 0 heterocycles. The van der Waals surface area contributed by atoms with E-state index in [0.29, 0.717) is 0 Å². The molecule has 0 fully saturated rings. The minimum Gasteiger partial charge on any atom is -0.0776 e. The third kappa shape index (κ3) is 0. The summed E-state index contributed by atoms with van der Waals surface area (Å²) < 4.78 is 0. The second kappa shape index (κ2) is 0. The molecule has 0 bridgehead atoms. The van der Waals surface area contributed by atoms with E-state index in [0.717, 1.165) is 0 Å². The van der Waals surface area contributed by atoms with Crippen LogP contribution in [0.3, 0.4) is 0 Å². The van der Waals surface area contributed by atoms with Crippen LogP contribution in [-0.2, 0) is 0 Å². The fourth-order valence-electron chi connectivity index (χ4n) is 0. The highest BCUT2D eigenvalue weighted by Crippen LogP contribution is 1.15. The monoisotopic (exact) mass is 138 g/mol. The molecular weight excluding hydrogens is 108 g/mol. The molecule has 0 spiro atoms. The lowest BCUT2D eigenvalue weighted by atomic mass is 11.0. The van der Waals surface area contributed by atoms with E-state index in [2.05, 4.69) is 0 Å². The summed E-state index contributed by atoms with van der Waals surface area (Å²) in [6.07, 6.45) is 0. The van der Waals surface area contributed by atoms with Crippen molar-refractivity contribution in [3.63, 3.8) is 0 Å². The molecule has 0 aliphatic rings. The average molecular weight is 138 g/mol. The molecule has 0 aliphatic carbocycles. The van der Waals surface area contributed by atoms with Gasteiger partial charge in [0.25, 0.3) is 0 Å². The SMILES string of the molecule is C.C.C.CC.CC.CC. The Morgan fingerprint density at radius 1 is 0.333 bits per heavy atom. The van der Waals surface area contributed by atoms with Crippen molar-refractivity contribution >= 4 is 0 Å². The molecule has 0 amide bonds. The summed E-state index contributed by atoms with van der Waals surface area (Å²) in [6.45, 7) is 12.0.